The van der Waals surface area contributed by atoms with Crippen molar-refractivity contribution in [2.24, 2.45) is 0 Å². The smallest absolute Gasteiger partial charge is 0.320 e. The molecule has 2 atom stereocenters. The van der Waals surface area contributed by atoms with Gasteiger partial charge in [0.1, 0.15) is 12.1 Å². The number of likely N-dealkylation sites (tertiary alicyclic amines) is 1. The minimum Gasteiger partial charge on any atom is -0.480 e. The summed E-state index contributed by atoms with van der Waals surface area (Å²) in [5.74, 6) is -9.64. The summed E-state index contributed by atoms with van der Waals surface area (Å²) in [5.41, 5.74) is 0.710. The molecule has 62 heavy (non-hydrogen) atoms. The molecule has 1 unspecified atom stereocenters. The number of amides is 5. The Hall–Kier alpha value is -5.86. The number of halogens is 2. The quantitative estimate of drug-likeness (QED) is 0.0657. The maximum atomic E-state index is 13.8. The van der Waals surface area contributed by atoms with Crippen LogP contribution in [0.1, 0.15) is 42.5 Å². The zero-order valence-corrected chi connectivity index (χ0v) is 34.4. The molecule has 7 N–H and O–H groups in total. The summed E-state index contributed by atoms with van der Waals surface area (Å²) in [5, 5.41) is 48.2. The Morgan fingerprint density at radius 3 is 1.98 bits per heavy atom. The topological polar surface area (TPSA) is 295 Å². The van der Waals surface area contributed by atoms with E-state index in [1.165, 1.54) is 30.5 Å². The van der Waals surface area contributed by atoms with Gasteiger partial charge in [-0.2, -0.15) is 5.26 Å². The van der Waals surface area contributed by atoms with Gasteiger partial charge >= 0.3 is 17.9 Å². The fourth-order valence-electron chi connectivity index (χ4n) is 6.90. The third-order valence-electron chi connectivity index (χ3n) is 9.99. The molecule has 0 saturated carbocycles. The predicted octanol–water partition coefficient (Wildman–Crippen LogP) is -1.00. The maximum absolute atomic E-state index is 13.8. The van der Waals surface area contributed by atoms with Gasteiger partial charge < -0.3 is 41.5 Å². The Labute approximate surface area is 364 Å². The van der Waals surface area contributed by atoms with Crippen LogP contribution in [0.3, 0.4) is 0 Å². The second-order valence-corrected chi connectivity index (χ2v) is 14.5. The van der Waals surface area contributed by atoms with Gasteiger partial charge in [0.15, 0.2) is 0 Å². The van der Waals surface area contributed by atoms with E-state index < -0.39 is 85.0 Å². The molecule has 1 aromatic heterocycles. The van der Waals surface area contributed by atoms with Crippen molar-refractivity contribution in [3.63, 3.8) is 0 Å². The van der Waals surface area contributed by atoms with Crippen molar-refractivity contribution in [2.45, 2.75) is 50.1 Å². The number of aliphatic carboxylic acids is 3. The predicted molar refractivity (Wildman–Crippen MR) is 209 cm³/mol. The molecule has 2 aliphatic rings. The molecule has 4 rings (SSSR count). The molecule has 21 nitrogen and oxygen atoms in total. The van der Waals surface area contributed by atoms with Gasteiger partial charge in [-0.15, -0.1) is 0 Å². The summed E-state index contributed by atoms with van der Waals surface area (Å²) in [6.07, 6.45) is -0.144. The molecule has 0 spiro atoms. The molecule has 2 fully saturated rings. The first-order valence-corrected chi connectivity index (χ1v) is 19.4. The van der Waals surface area contributed by atoms with Crippen molar-refractivity contribution in [3.05, 3.63) is 36.0 Å². The average molecular weight is 922 g/mol. The Balaban J connectivity index is 0.0000102. The van der Waals surface area contributed by atoms with Crippen molar-refractivity contribution in [3.8, 4) is 6.07 Å². The van der Waals surface area contributed by atoms with Crippen LogP contribution >= 0.6 is 0 Å². The Kier molecular flexibility index (Phi) is 19.5. The number of nitriles is 1. The number of carboxylic acid groups (broad SMARTS) is 3. The van der Waals surface area contributed by atoms with Crippen LogP contribution in [0.25, 0.3) is 10.9 Å². The van der Waals surface area contributed by atoms with E-state index in [4.69, 9.17) is 5.26 Å². The van der Waals surface area contributed by atoms with Gasteiger partial charge in [-0.05, 0) is 30.7 Å². The number of nitrogens with zero attached hydrogens (tertiary/aromatic N) is 6. The summed E-state index contributed by atoms with van der Waals surface area (Å²) < 4.78 is 27.5. The zero-order valence-electron chi connectivity index (χ0n) is 33.4. The molecule has 0 bridgehead atoms. The Morgan fingerprint density at radius 1 is 0.823 bits per heavy atom. The second-order valence-electron chi connectivity index (χ2n) is 14.5. The number of alkyl halides is 2. The van der Waals surface area contributed by atoms with Crippen molar-refractivity contribution in [1.82, 2.24) is 40.5 Å². The number of carboxylic acids is 3. The zero-order chi connectivity index (χ0) is 44.7. The number of rotatable bonds is 19. The number of pyridine rings is 1. The molecule has 2 aromatic rings. The standard InChI is InChI=1S/C38H48F2N10O11.Cu/c39-38(40)18-25(19-41)50(23-38)33(54)20-45-36(59)26-7-8-42-28-2-1-24(17-27(26)28)46-32(53)6-5-31(52)44-10-9-43-30(51)4-3-29(37(60)61)49-15-13-47(21-34(55)56)11-12-48(14-16-49)22-35(57)58;/h1-2,7-8,17,25,29H,3-6,9-16,18,20-23H2,(H,43,51)(H,44,52)(H,45,59)(H,46,53)(H,55,56)(H,57,58)(H,60,61);/t25-,29?;/m0./s1. The largest absolute Gasteiger partial charge is 0.480 e. The molecule has 3 heterocycles. The van der Waals surface area contributed by atoms with Crippen LogP contribution in [0.2, 0.25) is 0 Å². The molecule has 341 valence electrons. The molecule has 2 saturated heterocycles. The van der Waals surface area contributed by atoms with E-state index in [1.807, 2.05) is 0 Å². The number of anilines is 1. The van der Waals surface area contributed by atoms with E-state index in [0.29, 0.717) is 10.9 Å². The van der Waals surface area contributed by atoms with E-state index in [9.17, 15) is 62.5 Å². The van der Waals surface area contributed by atoms with Gasteiger partial charge in [-0.1, -0.05) is 0 Å². The van der Waals surface area contributed by atoms with Gasteiger partial charge in [0, 0.05) is 112 Å². The molecular formula is C38H48CuF2N10O11. The van der Waals surface area contributed by atoms with Gasteiger partial charge in [0.2, 0.25) is 23.6 Å². The molecule has 2 aliphatic heterocycles. The van der Waals surface area contributed by atoms with Gasteiger partial charge in [0.05, 0.1) is 43.3 Å². The SMILES string of the molecule is N#C[C@@H]1CC(F)(F)CN1C(=O)CNC(=O)c1ccnc2ccc(NC(=O)CCC(=O)NCCNC(=O)CCC(C(=O)O)N3CCN(CC(=O)O)CCN(CC(=O)O)CC3)cc12.[Cu]. The number of hydrogen-bond acceptors (Lipinski definition) is 13. The van der Waals surface area contributed by atoms with Gasteiger partial charge in [0.25, 0.3) is 11.8 Å². The normalized spacial score (nSPS) is 17.5. The third-order valence-corrected chi connectivity index (χ3v) is 9.99. The summed E-state index contributed by atoms with van der Waals surface area (Å²) in [6, 6.07) is 5.14. The number of carbonyl (C=O) groups is 8. The number of hydrogen-bond donors (Lipinski definition) is 7. The molecule has 1 aromatic carbocycles. The summed E-state index contributed by atoms with van der Waals surface area (Å²) in [4.78, 5) is 108. The fourth-order valence-corrected chi connectivity index (χ4v) is 6.90. The van der Waals surface area contributed by atoms with E-state index in [0.717, 1.165) is 4.90 Å². The summed E-state index contributed by atoms with van der Waals surface area (Å²) in [6.45, 7) is -0.769. The molecular weight excluding hydrogens is 874 g/mol. The first-order valence-electron chi connectivity index (χ1n) is 19.4. The minimum atomic E-state index is -3.21. The van der Waals surface area contributed by atoms with E-state index in [2.05, 4.69) is 26.3 Å². The number of aromatic nitrogens is 1. The van der Waals surface area contributed by atoms with Crippen molar-refractivity contribution in [2.75, 3.05) is 83.9 Å². The van der Waals surface area contributed by atoms with Crippen LogP contribution in [-0.2, 0) is 50.6 Å². The molecule has 1 radical (unpaired) electrons. The van der Waals surface area contributed by atoms with Crippen LogP contribution in [0, 0.1) is 11.3 Å². The average Bonchev–Trinajstić information content (AvgIpc) is 3.57. The van der Waals surface area contributed by atoms with E-state index >= 15 is 0 Å². The van der Waals surface area contributed by atoms with Crippen molar-refractivity contribution >= 4 is 64.0 Å². The van der Waals surface area contributed by atoms with Crippen LogP contribution < -0.4 is 21.3 Å². The Morgan fingerprint density at radius 2 is 1.40 bits per heavy atom. The molecule has 0 aliphatic carbocycles. The summed E-state index contributed by atoms with van der Waals surface area (Å²) in [7, 11) is 0. The fraction of sp³-hybridized carbons (Fsp3) is 0.526. The maximum Gasteiger partial charge on any atom is 0.320 e. The monoisotopic (exact) mass is 921 g/mol. The van der Waals surface area contributed by atoms with E-state index in [-0.39, 0.29) is 119 Å². The van der Waals surface area contributed by atoms with Crippen LogP contribution in [0.5, 0.6) is 0 Å². The van der Waals surface area contributed by atoms with Crippen LogP contribution in [-0.4, -0.2) is 184 Å². The number of carbonyl (C=O) groups excluding carboxylic acids is 5. The summed E-state index contributed by atoms with van der Waals surface area (Å²) >= 11 is 0. The van der Waals surface area contributed by atoms with Gasteiger partial charge in [-0.3, -0.25) is 58.0 Å². The molecule has 24 heteroatoms. The van der Waals surface area contributed by atoms with Crippen LogP contribution in [0.15, 0.2) is 30.5 Å². The van der Waals surface area contributed by atoms with E-state index in [1.54, 1.807) is 20.8 Å². The minimum absolute atomic E-state index is 0. The first-order chi connectivity index (χ1) is 28.9. The number of fused-ring (bicyclic) bond motifs is 1. The third kappa shape index (κ3) is 15.9. The van der Waals surface area contributed by atoms with Crippen molar-refractivity contribution in [1.29, 1.82) is 5.26 Å². The van der Waals surface area contributed by atoms with Crippen LogP contribution in [0.4, 0.5) is 14.5 Å². The number of nitrogens with one attached hydrogen (secondary N) is 4. The Bertz CT molecular complexity index is 2000. The second kappa shape index (κ2) is 24.0. The van der Waals surface area contributed by atoms with Crippen molar-refractivity contribution < 1.29 is 79.5 Å². The first kappa shape index (κ1) is 50.5. The number of benzene rings is 1. The molecule has 5 amide bonds. The van der Waals surface area contributed by atoms with Gasteiger partial charge in [-0.25, -0.2) is 8.78 Å².